The second kappa shape index (κ2) is 6.99. The van der Waals surface area contributed by atoms with Crippen LogP contribution >= 0.6 is 11.6 Å². The van der Waals surface area contributed by atoms with Crippen molar-refractivity contribution in [2.24, 2.45) is 0 Å². The number of carbonyl (C=O) groups is 2. The average Bonchev–Trinajstić information content (AvgIpc) is 2.98. The van der Waals surface area contributed by atoms with E-state index < -0.39 is 29.6 Å². The summed E-state index contributed by atoms with van der Waals surface area (Å²) in [4.78, 5) is 26.1. The van der Waals surface area contributed by atoms with Gasteiger partial charge in [0.05, 0.1) is 16.8 Å². The number of halogens is 4. The van der Waals surface area contributed by atoms with Crippen LogP contribution in [0.1, 0.15) is 17.2 Å². The molecular weight excluding hydrogens is 373 g/mol. The molecule has 2 heterocycles. The highest BCUT2D eigenvalue weighted by atomic mass is 35.5. The summed E-state index contributed by atoms with van der Waals surface area (Å²) < 4.78 is 41.3. The number of benzene rings is 1. The standard InChI is InChI=1S/C16H14ClF3N4O2/c17-10-7-22-23(8-10)9-13(25)24-6-5-21-15(26)14(24)11-3-1-2-4-12(11)16(18,19)20/h1-4,7-8,14H,5-6,9H2,(H,21,26). The van der Waals surface area contributed by atoms with Gasteiger partial charge in [-0.3, -0.25) is 14.3 Å². The van der Waals surface area contributed by atoms with Gasteiger partial charge in [0.2, 0.25) is 11.8 Å². The van der Waals surface area contributed by atoms with Gasteiger partial charge in [0.15, 0.2) is 0 Å². The predicted molar refractivity (Wildman–Crippen MR) is 86.1 cm³/mol. The fraction of sp³-hybridized carbons (Fsp3) is 0.312. The van der Waals surface area contributed by atoms with E-state index in [4.69, 9.17) is 11.6 Å². The van der Waals surface area contributed by atoms with Gasteiger partial charge >= 0.3 is 6.18 Å². The molecule has 1 aliphatic rings. The fourth-order valence-corrected chi connectivity index (χ4v) is 3.05. The van der Waals surface area contributed by atoms with Crippen molar-refractivity contribution in [3.05, 3.63) is 52.8 Å². The number of nitrogens with one attached hydrogen (secondary N) is 1. The molecule has 6 nitrogen and oxygen atoms in total. The van der Waals surface area contributed by atoms with Crippen molar-refractivity contribution in [2.45, 2.75) is 18.8 Å². The second-order valence-electron chi connectivity index (χ2n) is 5.72. The molecule has 2 aromatic rings. The van der Waals surface area contributed by atoms with Crippen LogP contribution in [0.3, 0.4) is 0 Å². The first-order chi connectivity index (χ1) is 12.3. The number of rotatable bonds is 3. The van der Waals surface area contributed by atoms with Gasteiger partial charge in [0, 0.05) is 19.3 Å². The highest BCUT2D eigenvalue weighted by molar-refractivity contribution is 6.30. The van der Waals surface area contributed by atoms with Crippen LogP contribution in [0.25, 0.3) is 0 Å². The molecule has 138 valence electrons. The third kappa shape index (κ3) is 3.67. The fourth-order valence-electron chi connectivity index (χ4n) is 2.89. The molecule has 3 rings (SSSR count). The van der Waals surface area contributed by atoms with Gasteiger partial charge in [0.1, 0.15) is 12.6 Å². The molecule has 0 aliphatic carbocycles. The number of aromatic nitrogens is 2. The molecule has 1 aliphatic heterocycles. The Morgan fingerprint density at radius 1 is 1.35 bits per heavy atom. The lowest BCUT2D eigenvalue weighted by Crippen LogP contribution is -2.53. The zero-order chi connectivity index (χ0) is 18.9. The van der Waals surface area contributed by atoms with Gasteiger partial charge in [-0.15, -0.1) is 0 Å². The highest BCUT2D eigenvalue weighted by Crippen LogP contribution is 2.37. The second-order valence-corrected chi connectivity index (χ2v) is 6.16. The minimum atomic E-state index is -4.64. The molecular formula is C16H14ClF3N4O2. The first-order valence-electron chi connectivity index (χ1n) is 7.68. The van der Waals surface area contributed by atoms with Crippen molar-refractivity contribution in [2.75, 3.05) is 13.1 Å². The zero-order valence-electron chi connectivity index (χ0n) is 13.3. The third-order valence-electron chi connectivity index (χ3n) is 3.99. The smallest absolute Gasteiger partial charge is 0.352 e. The Morgan fingerprint density at radius 2 is 2.08 bits per heavy atom. The molecule has 1 unspecified atom stereocenters. The topological polar surface area (TPSA) is 67.2 Å². The van der Waals surface area contributed by atoms with E-state index in [1.165, 1.54) is 35.3 Å². The molecule has 1 aromatic heterocycles. The number of hydrogen-bond donors (Lipinski definition) is 1. The monoisotopic (exact) mass is 386 g/mol. The van der Waals surface area contributed by atoms with E-state index in [-0.39, 0.29) is 25.2 Å². The minimum Gasteiger partial charge on any atom is -0.352 e. The van der Waals surface area contributed by atoms with Crippen LogP contribution < -0.4 is 5.32 Å². The van der Waals surface area contributed by atoms with Crippen LogP contribution in [-0.2, 0) is 22.3 Å². The van der Waals surface area contributed by atoms with Gasteiger partial charge < -0.3 is 10.2 Å². The molecule has 10 heteroatoms. The SMILES string of the molecule is O=C1NCCN(C(=O)Cn2cc(Cl)cn2)C1c1ccccc1C(F)(F)F. The Morgan fingerprint density at radius 3 is 2.73 bits per heavy atom. The number of nitrogens with zero attached hydrogens (tertiary/aromatic N) is 3. The molecule has 0 saturated carbocycles. The highest BCUT2D eigenvalue weighted by Gasteiger charge is 2.41. The van der Waals surface area contributed by atoms with Crippen LogP contribution in [0.5, 0.6) is 0 Å². The zero-order valence-corrected chi connectivity index (χ0v) is 14.1. The lowest BCUT2D eigenvalue weighted by atomic mass is 9.96. The van der Waals surface area contributed by atoms with Crippen molar-refractivity contribution >= 4 is 23.4 Å². The predicted octanol–water partition coefficient (Wildman–Crippen LogP) is 2.25. The van der Waals surface area contributed by atoms with E-state index in [0.29, 0.717) is 5.02 Å². The van der Waals surface area contributed by atoms with Gasteiger partial charge in [-0.25, -0.2) is 0 Å². The average molecular weight is 387 g/mol. The van der Waals surface area contributed by atoms with Crippen molar-refractivity contribution in [1.29, 1.82) is 0 Å². The summed E-state index contributed by atoms with van der Waals surface area (Å²) in [5.41, 5.74) is -1.20. The van der Waals surface area contributed by atoms with Gasteiger partial charge in [0.25, 0.3) is 0 Å². The molecule has 1 aromatic carbocycles. The molecule has 1 fully saturated rings. The molecule has 0 bridgehead atoms. The Labute approximate surface area is 151 Å². The first kappa shape index (κ1) is 18.2. The Bertz CT molecular complexity index is 837. The van der Waals surface area contributed by atoms with E-state index in [9.17, 15) is 22.8 Å². The van der Waals surface area contributed by atoms with E-state index in [1.807, 2.05) is 0 Å². The maximum Gasteiger partial charge on any atom is 0.416 e. The molecule has 26 heavy (non-hydrogen) atoms. The van der Waals surface area contributed by atoms with Crippen LogP contribution in [-0.4, -0.2) is 39.6 Å². The summed E-state index contributed by atoms with van der Waals surface area (Å²) in [7, 11) is 0. The summed E-state index contributed by atoms with van der Waals surface area (Å²) in [5.74, 6) is -1.18. The minimum absolute atomic E-state index is 0.0937. The van der Waals surface area contributed by atoms with Crippen LogP contribution in [0.4, 0.5) is 13.2 Å². The number of amides is 2. The number of carbonyl (C=O) groups excluding carboxylic acids is 2. The lowest BCUT2D eigenvalue weighted by Gasteiger charge is -2.36. The molecule has 1 atom stereocenters. The molecule has 1 saturated heterocycles. The van der Waals surface area contributed by atoms with Gasteiger partial charge in [-0.1, -0.05) is 29.8 Å². The number of alkyl halides is 3. The lowest BCUT2D eigenvalue weighted by molar-refractivity contribution is -0.147. The van der Waals surface area contributed by atoms with E-state index in [1.54, 1.807) is 0 Å². The summed E-state index contributed by atoms with van der Waals surface area (Å²) in [6.07, 6.45) is -1.88. The van der Waals surface area contributed by atoms with Crippen molar-refractivity contribution in [3.8, 4) is 0 Å². The molecule has 2 amide bonds. The molecule has 0 spiro atoms. The third-order valence-corrected chi connectivity index (χ3v) is 4.19. The molecule has 1 N–H and O–H groups in total. The van der Waals surface area contributed by atoms with E-state index in [2.05, 4.69) is 10.4 Å². The van der Waals surface area contributed by atoms with Gasteiger partial charge in [-0.2, -0.15) is 18.3 Å². The normalized spacial score (nSPS) is 17.9. The molecule has 0 radical (unpaired) electrons. The maximum absolute atomic E-state index is 13.3. The van der Waals surface area contributed by atoms with Crippen molar-refractivity contribution in [1.82, 2.24) is 20.0 Å². The van der Waals surface area contributed by atoms with Gasteiger partial charge in [-0.05, 0) is 11.6 Å². The maximum atomic E-state index is 13.3. The van der Waals surface area contributed by atoms with E-state index >= 15 is 0 Å². The van der Waals surface area contributed by atoms with Crippen LogP contribution in [0, 0.1) is 0 Å². The summed E-state index contributed by atoms with van der Waals surface area (Å²) in [5, 5.41) is 6.73. The quantitative estimate of drug-likeness (QED) is 0.880. The summed E-state index contributed by atoms with van der Waals surface area (Å²) in [6, 6.07) is 3.39. The number of hydrogen-bond acceptors (Lipinski definition) is 3. The van der Waals surface area contributed by atoms with Crippen molar-refractivity contribution in [3.63, 3.8) is 0 Å². The van der Waals surface area contributed by atoms with Crippen LogP contribution in [0.2, 0.25) is 5.02 Å². The number of piperazine rings is 1. The Balaban J connectivity index is 1.95. The van der Waals surface area contributed by atoms with Crippen LogP contribution in [0.15, 0.2) is 36.7 Å². The first-order valence-corrected chi connectivity index (χ1v) is 8.06. The Kier molecular flexibility index (Phi) is 4.90. The summed E-state index contributed by atoms with van der Waals surface area (Å²) in [6.45, 7) is 0.0240. The van der Waals surface area contributed by atoms with Crippen molar-refractivity contribution < 1.29 is 22.8 Å². The largest absolute Gasteiger partial charge is 0.416 e. The Hall–Kier alpha value is -2.55. The van der Waals surface area contributed by atoms with E-state index in [0.717, 1.165) is 11.0 Å². The summed E-state index contributed by atoms with van der Waals surface area (Å²) >= 11 is 5.75.